The van der Waals surface area contributed by atoms with Crippen LogP contribution in [0.1, 0.15) is 13.8 Å². The third-order valence-corrected chi connectivity index (χ3v) is 2.62. The first-order valence-corrected chi connectivity index (χ1v) is 6.51. The van der Waals surface area contributed by atoms with E-state index in [1.165, 1.54) is 6.08 Å². The van der Waals surface area contributed by atoms with Crippen molar-refractivity contribution < 1.29 is 31.4 Å². The van der Waals surface area contributed by atoms with Crippen LogP contribution in [0.4, 0.5) is 0 Å². The van der Waals surface area contributed by atoms with Gasteiger partial charge in [0.1, 0.15) is 6.61 Å². The number of nitrogens with zero attached hydrogens (tertiary/aromatic N) is 1. The molecule has 0 heterocycles. The van der Waals surface area contributed by atoms with E-state index in [1.54, 1.807) is 0 Å². The highest BCUT2D eigenvalue weighted by Gasteiger charge is 2.30. The lowest BCUT2D eigenvalue weighted by molar-refractivity contribution is -1.09. The van der Waals surface area contributed by atoms with Gasteiger partial charge in [0, 0.05) is 0 Å². The van der Waals surface area contributed by atoms with Gasteiger partial charge in [0.25, 0.3) is 0 Å². The quantitative estimate of drug-likeness (QED) is 0.228. The molecule has 1 atom stereocenters. The van der Waals surface area contributed by atoms with Crippen LogP contribution < -0.4 is 0 Å². The average molecular weight is 283 g/mol. The van der Waals surface area contributed by atoms with Crippen LogP contribution in [0.25, 0.3) is 0 Å². The van der Waals surface area contributed by atoms with Gasteiger partial charge < -0.3 is 4.55 Å². The molecule has 0 bridgehead atoms. The molecule has 0 rings (SSSR count). The van der Waals surface area contributed by atoms with Crippen molar-refractivity contribution in [3.8, 4) is 0 Å². The predicted octanol–water partition coefficient (Wildman–Crippen LogP) is 0.251. The summed E-state index contributed by atoms with van der Waals surface area (Å²) in [7, 11) is 0.109. The average Bonchev–Trinajstić information content (AvgIpc) is 2.26. The zero-order chi connectivity index (χ0) is 15.0. The van der Waals surface area contributed by atoms with E-state index in [4.69, 9.17) is 4.84 Å². The second-order valence-electron chi connectivity index (χ2n) is 3.71. The van der Waals surface area contributed by atoms with Crippen molar-refractivity contribution in [2.24, 2.45) is 0 Å². The molecule has 0 aromatic rings. The summed E-state index contributed by atoms with van der Waals surface area (Å²) in [5.74, 6) is 0.00782. The number of hydrogen-bond acceptors (Lipinski definition) is 6. The SMILES string of the molecule is C=CC(=O)C(C)[N+](C)(C)OCC.COS(=O)(=O)[O-]. The summed E-state index contributed by atoms with van der Waals surface area (Å²) in [6.45, 7) is 7.78. The maximum absolute atomic E-state index is 11.2. The number of quaternary nitrogens is 1. The van der Waals surface area contributed by atoms with Crippen LogP contribution in [0.15, 0.2) is 12.7 Å². The number of carbonyl (C=O) groups is 1. The minimum Gasteiger partial charge on any atom is -0.726 e. The van der Waals surface area contributed by atoms with E-state index in [9.17, 15) is 17.8 Å². The molecule has 0 aromatic heterocycles. The molecule has 0 aliphatic heterocycles. The molecule has 0 aromatic carbocycles. The van der Waals surface area contributed by atoms with Crippen LogP contribution in [-0.4, -0.2) is 57.3 Å². The van der Waals surface area contributed by atoms with Gasteiger partial charge in [0.2, 0.25) is 16.2 Å². The highest BCUT2D eigenvalue weighted by atomic mass is 32.3. The zero-order valence-electron chi connectivity index (χ0n) is 11.4. The summed E-state index contributed by atoms with van der Waals surface area (Å²) in [4.78, 5) is 16.6. The molecule has 0 N–H and O–H groups in total. The van der Waals surface area contributed by atoms with Crippen molar-refractivity contribution in [2.75, 3.05) is 27.8 Å². The predicted molar refractivity (Wildman–Crippen MR) is 65.1 cm³/mol. The summed E-state index contributed by atoms with van der Waals surface area (Å²) < 4.78 is 31.3. The number of carbonyl (C=O) groups excluding carboxylic acids is 1. The molecule has 0 radical (unpaired) electrons. The van der Waals surface area contributed by atoms with E-state index >= 15 is 0 Å². The second kappa shape index (κ2) is 8.33. The fraction of sp³-hybridized carbons (Fsp3) is 0.700. The van der Waals surface area contributed by atoms with Gasteiger partial charge in [0.15, 0.2) is 6.04 Å². The summed E-state index contributed by atoms with van der Waals surface area (Å²) in [5, 5.41) is 0. The van der Waals surface area contributed by atoms with Crippen molar-refractivity contribution in [1.29, 1.82) is 0 Å². The maximum atomic E-state index is 11.2. The fourth-order valence-electron chi connectivity index (χ4n) is 0.922. The number of rotatable bonds is 6. The molecule has 0 aliphatic carbocycles. The first-order valence-electron chi connectivity index (χ1n) is 5.17. The fourth-order valence-corrected chi connectivity index (χ4v) is 0.922. The maximum Gasteiger partial charge on any atom is 0.217 e. The molecule has 0 saturated heterocycles. The van der Waals surface area contributed by atoms with E-state index in [1.807, 2.05) is 27.9 Å². The Morgan fingerprint density at radius 2 is 1.89 bits per heavy atom. The summed E-state index contributed by atoms with van der Waals surface area (Å²) in [6.07, 6.45) is 1.34. The Bertz CT molecular complexity index is 363. The lowest BCUT2D eigenvalue weighted by Crippen LogP contribution is -2.50. The molecule has 0 fully saturated rings. The van der Waals surface area contributed by atoms with Crippen LogP contribution in [0.5, 0.6) is 0 Å². The standard InChI is InChI=1S/C9H18NO2.CH4O4S/c1-6-9(11)8(3)10(4,5)12-7-2;1-5-6(2,3)4/h6,8H,1,7H2,2-5H3;1H3,(H,2,3,4)/q+1;/p-1. The number of hydroxylamine groups is 3. The van der Waals surface area contributed by atoms with Crippen LogP contribution >= 0.6 is 0 Å². The second-order valence-corrected chi connectivity index (χ2v) is 4.86. The van der Waals surface area contributed by atoms with Crippen LogP contribution in [0, 0.1) is 0 Å². The minimum absolute atomic E-state index is 0.00782. The molecule has 0 aliphatic rings. The molecule has 108 valence electrons. The van der Waals surface area contributed by atoms with Crippen molar-refractivity contribution in [2.45, 2.75) is 19.9 Å². The van der Waals surface area contributed by atoms with Crippen molar-refractivity contribution in [3.63, 3.8) is 0 Å². The number of ketones is 1. The molecule has 0 spiro atoms. The van der Waals surface area contributed by atoms with Crippen molar-refractivity contribution in [3.05, 3.63) is 12.7 Å². The molecule has 8 heteroatoms. The molecule has 0 amide bonds. The Kier molecular flexibility index (Phi) is 9.04. The molecule has 1 unspecified atom stereocenters. The first kappa shape index (κ1) is 19.5. The van der Waals surface area contributed by atoms with E-state index in [0.29, 0.717) is 6.61 Å². The zero-order valence-corrected chi connectivity index (χ0v) is 12.2. The highest BCUT2D eigenvalue weighted by Crippen LogP contribution is 2.08. The Hall–Kier alpha value is -0.800. The van der Waals surface area contributed by atoms with E-state index in [2.05, 4.69) is 10.8 Å². The van der Waals surface area contributed by atoms with E-state index < -0.39 is 10.4 Å². The van der Waals surface area contributed by atoms with Gasteiger partial charge in [-0.3, -0.25) is 8.98 Å². The van der Waals surface area contributed by atoms with Gasteiger partial charge in [-0.15, -0.1) is 0 Å². The van der Waals surface area contributed by atoms with Gasteiger partial charge in [-0.05, 0) is 19.9 Å². The Morgan fingerprint density at radius 1 is 1.50 bits per heavy atom. The minimum atomic E-state index is -4.41. The topological polar surface area (TPSA) is 92.7 Å². The van der Waals surface area contributed by atoms with E-state index in [-0.39, 0.29) is 16.5 Å². The van der Waals surface area contributed by atoms with Crippen molar-refractivity contribution in [1.82, 2.24) is 0 Å². The summed E-state index contributed by atoms with van der Waals surface area (Å²) in [5.41, 5.74) is 0. The normalized spacial score (nSPS) is 13.2. The van der Waals surface area contributed by atoms with Crippen molar-refractivity contribution >= 4 is 16.2 Å². The molecular weight excluding hydrogens is 262 g/mol. The third-order valence-electron chi connectivity index (χ3n) is 2.21. The molecular formula is C10H21NO6S. The van der Waals surface area contributed by atoms with Crippen LogP contribution in [0.3, 0.4) is 0 Å². The smallest absolute Gasteiger partial charge is 0.217 e. The highest BCUT2D eigenvalue weighted by molar-refractivity contribution is 7.80. The summed E-state index contributed by atoms with van der Waals surface area (Å²) in [6, 6.07) is -0.192. The van der Waals surface area contributed by atoms with Gasteiger partial charge in [0.05, 0.1) is 21.2 Å². The Balaban J connectivity index is 0. The van der Waals surface area contributed by atoms with Gasteiger partial charge in [-0.25, -0.2) is 13.3 Å². The summed E-state index contributed by atoms with van der Waals surface area (Å²) >= 11 is 0. The first-order chi connectivity index (χ1) is 8.01. The lowest BCUT2D eigenvalue weighted by atomic mass is 10.2. The Labute approximate surface area is 108 Å². The molecule has 18 heavy (non-hydrogen) atoms. The molecule has 7 nitrogen and oxygen atoms in total. The largest absolute Gasteiger partial charge is 0.726 e. The molecule has 0 saturated carbocycles. The number of likely N-dealkylation sites (N-methyl/N-ethyl adjacent to an activating group) is 1. The third kappa shape index (κ3) is 9.25. The van der Waals surface area contributed by atoms with Gasteiger partial charge >= 0.3 is 0 Å². The van der Waals surface area contributed by atoms with E-state index in [0.717, 1.165) is 7.11 Å². The monoisotopic (exact) mass is 283 g/mol. The van der Waals surface area contributed by atoms with Crippen LogP contribution in [0.2, 0.25) is 0 Å². The van der Waals surface area contributed by atoms with Gasteiger partial charge in [-0.1, -0.05) is 6.58 Å². The van der Waals surface area contributed by atoms with Gasteiger partial charge in [-0.2, -0.15) is 4.65 Å². The van der Waals surface area contributed by atoms with Crippen LogP contribution in [-0.2, 0) is 24.2 Å². The lowest BCUT2D eigenvalue weighted by Gasteiger charge is -2.30. The Morgan fingerprint density at radius 3 is 2.11 bits per heavy atom. The number of hydrogen-bond donors (Lipinski definition) is 0.